The molecule has 0 saturated carbocycles. The van der Waals surface area contributed by atoms with Crippen molar-refractivity contribution < 1.29 is 9.53 Å². The molecule has 0 unspecified atom stereocenters. The Balaban J connectivity index is 0.00000225. The summed E-state index contributed by atoms with van der Waals surface area (Å²) in [5.41, 5.74) is 3.37. The van der Waals surface area contributed by atoms with Crippen LogP contribution in [0.15, 0.2) is 36.7 Å². The molecule has 3 heterocycles. The van der Waals surface area contributed by atoms with Crippen LogP contribution in [-0.2, 0) is 11.8 Å². The molecule has 28 heavy (non-hydrogen) atoms. The van der Waals surface area contributed by atoms with Crippen LogP contribution >= 0.6 is 24.0 Å². The van der Waals surface area contributed by atoms with Gasteiger partial charge in [0.25, 0.3) is 5.91 Å². The van der Waals surface area contributed by atoms with Crippen LogP contribution in [-0.4, -0.2) is 46.7 Å². The maximum absolute atomic E-state index is 13.0. The number of anilines is 2. The lowest BCUT2D eigenvalue weighted by atomic mass is 10.1. The summed E-state index contributed by atoms with van der Waals surface area (Å²) in [6.07, 6.45) is 3.60. The Morgan fingerprint density at radius 1 is 1.25 bits per heavy atom. The second-order valence-electron chi connectivity index (χ2n) is 6.70. The summed E-state index contributed by atoms with van der Waals surface area (Å²) in [5, 5.41) is 4.98. The molecule has 3 aromatic rings. The SMILES string of the molecule is Cc1cc(Nc2ncc(C(=O)N3CCOCC3)c3c2ccn3C)ccc1Cl.Cl. The van der Waals surface area contributed by atoms with Gasteiger partial charge in [-0.2, -0.15) is 0 Å². The number of hydrogen-bond donors (Lipinski definition) is 1. The van der Waals surface area contributed by atoms with E-state index in [4.69, 9.17) is 16.3 Å². The van der Waals surface area contributed by atoms with Gasteiger partial charge in [0.2, 0.25) is 0 Å². The van der Waals surface area contributed by atoms with Crippen LogP contribution < -0.4 is 5.32 Å². The highest BCUT2D eigenvalue weighted by molar-refractivity contribution is 6.31. The van der Waals surface area contributed by atoms with E-state index in [9.17, 15) is 4.79 Å². The normalized spacial score (nSPS) is 14.0. The number of benzene rings is 1. The number of rotatable bonds is 3. The van der Waals surface area contributed by atoms with Crippen molar-refractivity contribution in [3.8, 4) is 0 Å². The van der Waals surface area contributed by atoms with Gasteiger partial charge < -0.3 is 19.5 Å². The molecule has 0 bridgehead atoms. The van der Waals surface area contributed by atoms with Gasteiger partial charge in [0.15, 0.2) is 0 Å². The molecule has 1 fully saturated rings. The number of halogens is 2. The minimum absolute atomic E-state index is 0. The third-order valence-electron chi connectivity index (χ3n) is 4.86. The predicted octanol–water partition coefficient (Wildman–Crippen LogP) is 4.17. The number of hydrogen-bond acceptors (Lipinski definition) is 4. The lowest BCUT2D eigenvalue weighted by Crippen LogP contribution is -2.40. The molecule has 0 radical (unpaired) electrons. The molecular formula is C20H22Cl2N4O2. The van der Waals surface area contributed by atoms with Gasteiger partial charge in [-0.1, -0.05) is 11.6 Å². The van der Waals surface area contributed by atoms with E-state index < -0.39 is 0 Å². The molecule has 4 rings (SSSR count). The van der Waals surface area contributed by atoms with Crippen molar-refractivity contribution in [3.05, 3.63) is 52.8 Å². The lowest BCUT2D eigenvalue weighted by Gasteiger charge is -2.27. The Labute approximate surface area is 174 Å². The molecule has 1 aliphatic rings. The molecule has 1 saturated heterocycles. The van der Waals surface area contributed by atoms with Crippen LogP contribution in [0.2, 0.25) is 5.02 Å². The third kappa shape index (κ3) is 3.81. The van der Waals surface area contributed by atoms with Crippen LogP contribution in [0, 0.1) is 6.92 Å². The van der Waals surface area contributed by atoms with Crippen LogP contribution in [0.25, 0.3) is 10.9 Å². The largest absolute Gasteiger partial charge is 0.378 e. The van der Waals surface area contributed by atoms with Gasteiger partial charge in [0.05, 0.1) is 24.3 Å². The summed E-state index contributed by atoms with van der Waals surface area (Å²) < 4.78 is 7.31. The second-order valence-corrected chi connectivity index (χ2v) is 7.11. The molecule has 2 aromatic heterocycles. The summed E-state index contributed by atoms with van der Waals surface area (Å²) in [6, 6.07) is 7.73. The molecule has 1 N–H and O–H groups in total. The van der Waals surface area contributed by atoms with Crippen molar-refractivity contribution in [2.45, 2.75) is 6.92 Å². The third-order valence-corrected chi connectivity index (χ3v) is 5.28. The summed E-state index contributed by atoms with van der Waals surface area (Å²) in [6.45, 7) is 4.32. The summed E-state index contributed by atoms with van der Waals surface area (Å²) in [5.74, 6) is 0.706. The van der Waals surface area contributed by atoms with E-state index in [1.54, 1.807) is 6.20 Å². The van der Waals surface area contributed by atoms with Gasteiger partial charge in [-0.15, -0.1) is 12.4 Å². The van der Waals surface area contributed by atoms with Crippen LogP contribution in [0.5, 0.6) is 0 Å². The fourth-order valence-electron chi connectivity index (χ4n) is 3.37. The number of ether oxygens (including phenoxy) is 1. The highest BCUT2D eigenvalue weighted by Crippen LogP contribution is 2.29. The number of aromatic nitrogens is 2. The minimum Gasteiger partial charge on any atom is -0.378 e. The smallest absolute Gasteiger partial charge is 0.257 e. The topological polar surface area (TPSA) is 59.4 Å². The maximum atomic E-state index is 13.0. The molecule has 1 aromatic carbocycles. The van der Waals surface area contributed by atoms with Crippen LogP contribution in [0.4, 0.5) is 11.5 Å². The Kier molecular flexibility index (Phi) is 6.13. The van der Waals surface area contributed by atoms with E-state index in [2.05, 4.69) is 10.3 Å². The molecule has 0 atom stereocenters. The van der Waals surface area contributed by atoms with E-state index >= 15 is 0 Å². The molecule has 0 aliphatic carbocycles. The zero-order valence-corrected chi connectivity index (χ0v) is 17.3. The quantitative estimate of drug-likeness (QED) is 0.690. The van der Waals surface area contributed by atoms with Crippen molar-refractivity contribution in [1.29, 1.82) is 0 Å². The monoisotopic (exact) mass is 420 g/mol. The second kappa shape index (κ2) is 8.39. The number of amides is 1. The highest BCUT2D eigenvalue weighted by atomic mass is 35.5. The average molecular weight is 421 g/mol. The number of carbonyl (C=O) groups is 1. The Morgan fingerprint density at radius 3 is 2.71 bits per heavy atom. The zero-order chi connectivity index (χ0) is 19.0. The van der Waals surface area contributed by atoms with Crippen LogP contribution in [0.3, 0.4) is 0 Å². The van der Waals surface area contributed by atoms with E-state index in [0.717, 1.165) is 27.2 Å². The van der Waals surface area contributed by atoms with Crippen molar-refractivity contribution in [1.82, 2.24) is 14.5 Å². The first kappa shape index (κ1) is 20.5. The zero-order valence-electron chi connectivity index (χ0n) is 15.7. The van der Waals surface area contributed by atoms with Gasteiger partial charge in [0.1, 0.15) is 5.82 Å². The van der Waals surface area contributed by atoms with Gasteiger partial charge in [-0.25, -0.2) is 4.98 Å². The van der Waals surface area contributed by atoms with Crippen molar-refractivity contribution in [2.24, 2.45) is 7.05 Å². The Hall–Kier alpha value is -2.28. The Bertz CT molecular complexity index is 1010. The summed E-state index contributed by atoms with van der Waals surface area (Å²) >= 11 is 6.11. The Morgan fingerprint density at radius 2 is 2.00 bits per heavy atom. The standard InChI is InChI=1S/C20H21ClN4O2.ClH/c1-13-11-14(3-4-17(13)21)23-19-15-5-6-24(2)18(15)16(12-22-19)20(26)25-7-9-27-10-8-25;/h3-6,11-12H,7-10H2,1-2H3,(H,22,23);1H. The summed E-state index contributed by atoms with van der Waals surface area (Å²) in [7, 11) is 1.94. The van der Waals surface area contributed by atoms with Gasteiger partial charge in [-0.05, 0) is 36.8 Å². The average Bonchev–Trinajstić information content (AvgIpc) is 3.08. The number of nitrogens with zero attached hydrogens (tertiary/aromatic N) is 3. The molecule has 8 heteroatoms. The molecule has 6 nitrogen and oxygen atoms in total. The first-order valence-electron chi connectivity index (χ1n) is 8.89. The van der Waals surface area contributed by atoms with Gasteiger partial charge in [-0.3, -0.25) is 4.79 Å². The molecule has 0 spiro atoms. The van der Waals surface area contributed by atoms with E-state index in [0.29, 0.717) is 37.7 Å². The fourth-order valence-corrected chi connectivity index (χ4v) is 3.49. The van der Waals surface area contributed by atoms with E-state index in [-0.39, 0.29) is 18.3 Å². The van der Waals surface area contributed by atoms with Crippen molar-refractivity contribution >= 4 is 52.3 Å². The number of pyridine rings is 1. The van der Waals surface area contributed by atoms with E-state index in [1.807, 2.05) is 53.9 Å². The minimum atomic E-state index is -0.00788. The highest BCUT2D eigenvalue weighted by Gasteiger charge is 2.23. The number of fused-ring (bicyclic) bond motifs is 1. The maximum Gasteiger partial charge on any atom is 0.257 e. The molecular weight excluding hydrogens is 399 g/mol. The van der Waals surface area contributed by atoms with Crippen molar-refractivity contribution in [2.75, 3.05) is 31.6 Å². The molecule has 1 aliphatic heterocycles. The molecule has 148 valence electrons. The van der Waals surface area contributed by atoms with Crippen molar-refractivity contribution in [3.63, 3.8) is 0 Å². The number of morpholine rings is 1. The lowest BCUT2D eigenvalue weighted by molar-refractivity contribution is 0.0303. The number of carbonyl (C=O) groups excluding carboxylic acids is 1. The van der Waals surface area contributed by atoms with E-state index in [1.165, 1.54) is 0 Å². The predicted molar refractivity (Wildman–Crippen MR) is 114 cm³/mol. The first-order chi connectivity index (χ1) is 13.0. The fraction of sp³-hybridized carbons (Fsp3) is 0.300. The molecule has 1 amide bonds. The summed E-state index contributed by atoms with van der Waals surface area (Å²) in [4.78, 5) is 19.4. The van der Waals surface area contributed by atoms with Gasteiger partial charge >= 0.3 is 0 Å². The first-order valence-corrected chi connectivity index (χ1v) is 9.26. The number of nitrogens with one attached hydrogen (secondary N) is 1. The van der Waals surface area contributed by atoms with Crippen LogP contribution in [0.1, 0.15) is 15.9 Å². The van der Waals surface area contributed by atoms with Gasteiger partial charge in [0, 0.05) is 48.6 Å². The number of aryl methyl sites for hydroxylation is 2.